The zero-order valence-electron chi connectivity index (χ0n) is 13.7. The van der Waals surface area contributed by atoms with E-state index in [1.54, 1.807) is 12.4 Å². The summed E-state index contributed by atoms with van der Waals surface area (Å²) in [7, 11) is 2.08. The molecule has 2 aliphatic rings. The normalized spacial score (nSPS) is 24.2. The number of nitrogens with one attached hydrogen (secondary N) is 1. The molecule has 3 rings (SSSR count). The van der Waals surface area contributed by atoms with Crippen molar-refractivity contribution >= 4 is 6.03 Å². The number of carbonyl (C=O) groups is 1. The Hall–Kier alpha value is -1.95. The fourth-order valence-corrected chi connectivity index (χ4v) is 3.23. The second kappa shape index (κ2) is 7.55. The summed E-state index contributed by atoms with van der Waals surface area (Å²) in [4.78, 5) is 25.1. The lowest BCUT2D eigenvalue weighted by atomic mass is 10.0. The average Bonchev–Trinajstić information content (AvgIpc) is 3.07. The first-order valence-corrected chi connectivity index (χ1v) is 8.40. The molecule has 6 nitrogen and oxygen atoms in total. The van der Waals surface area contributed by atoms with Gasteiger partial charge in [0.15, 0.2) is 0 Å². The highest BCUT2D eigenvalue weighted by molar-refractivity contribution is 5.75. The van der Waals surface area contributed by atoms with Crippen molar-refractivity contribution in [2.24, 2.45) is 0 Å². The molecule has 0 radical (unpaired) electrons. The van der Waals surface area contributed by atoms with Crippen LogP contribution in [0.5, 0.6) is 0 Å². The highest BCUT2D eigenvalue weighted by Crippen LogP contribution is 2.17. The molecule has 1 aliphatic carbocycles. The summed E-state index contributed by atoms with van der Waals surface area (Å²) >= 11 is 0. The van der Waals surface area contributed by atoms with Gasteiger partial charge in [0.1, 0.15) is 5.82 Å². The third-order valence-corrected chi connectivity index (χ3v) is 4.65. The van der Waals surface area contributed by atoms with E-state index in [1.165, 1.54) is 0 Å². The predicted molar refractivity (Wildman–Crippen MR) is 88.8 cm³/mol. The largest absolute Gasteiger partial charge is 0.332 e. The number of hydrogen-bond donors (Lipinski definition) is 1. The van der Waals surface area contributed by atoms with Gasteiger partial charge in [0.2, 0.25) is 0 Å². The summed E-state index contributed by atoms with van der Waals surface area (Å²) in [6, 6.07) is 2.45. The minimum atomic E-state index is 0.0633. The van der Waals surface area contributed by atoms with Crippen LogP contribution in [-0.4, -0.2) is 58.0 Å². The Morgan fingerprint density at radius 3 is 2.96 bits per heavy atom. The van der Waals surface area contributed by atoms with Crippen LogP contribution in [0.4, 0.5) is 4.79 Å². The lowest BCUT2D eigenvalue weighted by Crippen LogP contribution is -2.45. The van der Waals surface area contributed by atoms with E-state index >= 15 is 0 Å². The number of nitrogens with zero attached hydrogens (tertiary/aromatic N) is 4. The molecule has 0 spiro atoms. The maximum atomic E-state index is 12.4. The number of urea groups is 1. The number of carbonyl (C=O) groups excluding carboxylic acids is 1. The summed E-state index contributed by atoms with van der Waals surface area (Å²) in [5.74, 6) is 0.824. The van der Waals surface area contributed by atoms with Crippen LogP contribution in [0.3, 0.4) is 0 Å². The molecule has 1 fully saturated rings. The van der Waals surface area contributed by atoms with Gasteiger partial charge in [0.25, 0.3) is 0 Å². The average molecular weight is 315 g/mol. The molecular formula is C17H25N5O. The van der Waals surface area contributed by atoms with Crippen LogP contribution in [0.2, 0.25) is 0 Å². The lowest BCUT2D eigenvalue weighted by molar-refractivity contribution is 0.193. The van der Waals surface area contributed by atoms with Crippen molar-refractivity contribution in [1.82, 2.24) is 25.1 Å². The molecule has 1 aromatic heterocycles. The van der Waals surface area contributed by atoms with Crippen molar-refractivity contribution in [2.45, 2.75) is 44.3 Å². The fourth-order valence-electron chi connectivity index (χ4n) is 3.23. The molecule has 1 saturated heterocycles. The van der Waals surface area contributed by atoms with Crippen molar-refractivity contribution in [1.29, 1.82) is 0 Å². The molecule has 0 bridgehead atoms. The Kier molecular flexibility index (Phi) is 5.23. The lowest BCUT2D eigenvalue weighted by Gasteiger charge is -2.25. The SMILES string of the molecule is CN(Cc1ncccn1)[C@H]1CCN(C(=O)N[C@H]2C=CCCC2)C1. The van der Waals surface area contributed by atoms with Gasteiger partial charge in [0, 0.05) is 37.6 Å². The van der Waals surface area contributed by atoms with E-state index in [4.69, 9.17) is 0 Å². The standard InChI is InChI=1S/C17H25N5O/c1-21(13-16-18-9-5-10-19-16)15-8-11-22(12-15)17(23)20-14-6-3-2-4-7-14/h3,5-6,9-10,14-15H,2,4,7-8,11-13H2,1H3,(H,20,23)/t14-,15-/m0/s1. The van der Waals surface area contributed by atoms with Crippen molar-refractivity contribution < 1.29 is 4.79 Å². The van der Waals surface area contributed by atoms with Gasteiger partial charge in [0.05, 0.1) is 6.54 Å². The second-order valence-corrected chi connectivity index (χ2v) is 6.38. The molecule has 6 heteroatoms. The monoisotopic (exact) mass is 315 g/mol. The number of amides is 2. The van der Waals surface area contributed by atoms with Crippen LogP contribution >= 0.6 is 0 Å². The molecule has 2 heterocycles. The Bertz CT molecular complexity index is 547. The summed E-state index contributed by atoms with van der Waals surface area (Å²) in [6.07, 6.45) is 12.1. The van der Waals surface area contributed by atoms with Crippen molar-refractivity contribution in [2.75, 3.05) is 20.1 Å². The smallest absolute Gasteiger partial charge is 0.317 e. The first-order chi connectivity index (χ1) is 11.2. The molecule has 23 heavy (non-hydrogen) atoms. The van der Waals surface area contributed by atoms with Crippen LogP contribution in [0.25, 0.3) is 0 Å². The number of likely N-dealkylation sites (tertiary alicyclic amines) is 1. The number of allylic oxidation sites excluding steroid dienone is 1. The zero-order valence-corrected chi connectivity index (χ0v) is 13.7. The summed E-state index contributed by atoms with van der Waals surface area (Å²) in [5.41, 5.74) is 0. The number of likely N-dealkylation sites (N-methyl/N-ethyl adjacent to an activating group) is 1. The van der Waals surface area contributed by atoms with Crippen LogP contribution < -0.4 is 5.32 Å². The molecule has 124 valence electrons. The van der Waals surface area contributed by atoms with Crippen LogP contribution in [0, 0.1) is 0 Å². The van der Waals surface area contributed by atoms with E-state index < -0.39 is 0 Å². The van der Waals surface area contributed by atoms with Crippen LogP contribution in [-0.2, 0) is 6.54 Å². The first-order valence-electron chi connectivity index (χ1n) is 8.40. The number of rotatable bonds is 4. The molecular weight excluding hydrogens is 290 g/mol. The van der Waals surface area contributed by atoms with Crippen LogP contribution in [0.1, 0.15) is 31.5 Å². The predicted octanol–water partition coefficient (Wildman–Crippen LogP) is 1.80. The third kappa shape index (κ3) is 4.28. The molecule has 1 N–H and O–H groups in total. The van der Waals surface area contributed by atoms with Gasteiger partial charge in [-0.2, -0.15) is 0 Å². The van der Waals surface area contributed by atoms with Crippen LogP contribution in [0.15, 0.2) is 30.6 Å². The van der Waals surface area contributed by atoms with E-state index in [1.807, 2.05) is 11.0 Å². The number of hydrogen-bond acceptors (Lipinski definition) is 4. The molecule has 2 amide bonds. The summed E-state index contributed by atoms with van der Waals surface area (Å²) in [6.45, 7) is 2.30. The summed E-state index contributed by atoms with van der Waals surface area (Å²) in [5, 5.41) is 3.13. The van der Waals surface area contributed by atoms with E-state index in [2.05, 4.69) is 39.4 Å². The van der Waals surface area contributed by atoms with E-state index in [0.29, 0.717) is 12.6 Å². The van der Waals surface area contributed by atoms with Gasteiger partial charge in [-0.05, 0) is 38.8 Å². The number of aromatic nitrogens is 2. The maximum absolute atomic E-state index is 12.4. The van der Waals surface area contributed by atoms with Gasteiger partial charge in [-0.3, -0.25) is 4.90 Å². The molecule has 1 aromatic rings. The molecule has 2 atom stereocenters. The Morgan fingerprint density at radius 1 is 1.39 bits per heavy atom. The Labute approximate surface area is 137 Å². The quantitative estimate of drug-likeness (QED) is 0.861. The topological polar surface area (TPSA) is 61.4 Å². The summed E-state index contributed by atoms with van der Waals surface area (Å²) < 4.78 is 0. The molecule has 0 aromatic carbocycles. The molecule has 0 saturated carbocycles. The van der Waals surface area contributed by atoms with Crippen molar-refractivity contribution in [3.05, 3.63) is 36.4 Å². The van der Waals surface area contributed by atoms with Gasteiger partial charge < -0.3 is 10.2 Å². The van der Waals surface area contributed by atoms with Gasteiger partial charge >= 0.3 is 6.03 Å². The third-order valence-electron chi connectivity index (χ3n) is 4.65. The highest BCUT2D eigenvalue weighted by Gasteiger charge is 2.29. The zero-order chi connectivity index (χ0) is 16.1. The molecule has 0 unspecified atom stereocenters. The van der Waals surface area contributed by atoms with E-state index in [-0.39, 0.29) is 12.1 Å². The van der Waals surface area contributed by atoms with E-state index in [0.717, 1.165) is 44.6 Å². The molecule has 1 aliphatic heterocycles. The van der Waals surface area contributed by atoms with E-state index in [9.17, 15) is 4.79 Å². The van der Waals surface area contributed by atoms with Gasteiger partial charge in [-0.15, -0.1) is 0 Å². The highest BCUT2D eigenvalue weighted by atomic mass is 16.2. The Morgan fingerprint density at radius 2 is 2.22 bits per heavy atom. The minimum Gasteiger partial charge on any atom is -0.332 e. The van der Waals surface area contributed by atoms with Crippen molar-refractivity contribution in [3.63, 3.8) is 0 Å². The first kappa shape index (κ1) is 15.9. The Balaban J connectivity index is 1.48. The fraction of sp³-hybridized carbons (Fsp3) is 0.588. The second-order valence-electron chi connectivity index (χ2n) is 6.38. The maximum Gasteiger partial charge on any atom is 0.317 e. The minimum absolute atomic E-state index is 0.0633. The van der Waals surface area contributed by atoms with Crippen molar-refractivity contribution in [3.8, 4) is 0 Å². The van der Waals surface area contributed by atoms with Gasteiger partial charge in [-0.25, -0.2) is 14.8 Å². The van der Waals surface area contributed by atoms with Gasteiger partial charge in [-0.1, -0.05) is 12.2 Å².